The molecule has 1 N–H and O–H groups in total. The fourth-order valence-electron chi connectivity index (χ4n) is 4.22. The third-order valence-electron chi connectivity index (χ3n) is 5.75. The number of likely N-dealkylation sites (tertiary alicyclic amines) is 1. The zero-order chi connectivity index (χ0) is 16.1. The van der Waals surface area contributed by atoms with Crippen LogP contribution in [0, 0.1) is 0 Å². The third-order valence-corrected chi connectivity index (χ3v) is 5.75. The Balaban J connectivity index is 1.59. The van der Waals surface area contributed by atoms with Gasteiger partial charge in [0.2, 0.25) is 0 Å². The first-order valence-electron chi connectivity index (χ1n) is 9.59. The van der Waals surface area contributed by atoms with Crippen molar-refractivity contribution in [2.24, 2.45) is 0 Å². The van der Waals surface area contributed by atoms with Gasteiger partial charge in [0.25, 0.3) is 0 Å². The van der Waals surface area contributed by atoms with E-state index in [0.717, 1.165) is 64.8 Å². The molecule has 2 heterocycles. The zero-order valence-electron chi connectivity index (χ0n) is 14.6. The van der Waals surface area contributed by atoms with Crippen LogP contribution in [-0.4, -0.2) is 67.3 Å². The van der Waals surface area contributed by atoms with E-state index < -0.39 is 0 Å². The summed E-state index contributed by atoms with van der Waals surface area (Å²) in [4.78, 5) is 17.4. The maximum absolute atomic E-state index is 12.9. The standard InChI is InChI=1S/C18H33N3O2/c1-20-11-9-16(10-12-20)21(14-17-8-5-13-23-17)18(22)19-15-6-3-2-4-7-15/h15-17H,2-14H2,1H3,(H,19,22). The third kappa shape index (κ3) is 4.83. The van der Waals surface area contributed by atoms with E-state index in [2.05, 4.69) is 22.2 Å². The highest BCUT2D eigenvalue weighted by molar-refractivity contribution is 5.75. The van der Waals surface area contributed by atoms with E-state index in [0.29, 0.717) is 12.1 Å². The van der Waals surface area contributed by atoms with Crippen LogP contribution in [0.3, 0.4) is 0 Å². The highest BCUT2D eigenvalue weighted by Crippen LogP contribution is 2.22. The van der Waals surface area contributed by atoms with Crippen LogP contribution in [0.4, 0.5) is 4.79 Å². The summed E-state index contributed by atoms with van der Waals surface area (Å²) < 4.78 is 5.80. The Morgan fingerprint density at radius 1 is 1.09 bits per heavy atom. The minimum absolute atomic E-state index is 0.155. The van der Waals surface area contributed by atoms with Crippen molar-refractivity contribution < 1.29 is 9.53 Å². The normalized spacial score (nSPS) is 28.0. The fraction of sp³-hybridized carbons (Fsp3) is 0.944. The zero-order valence-corrected chi connectivity index (χ0v) is 14.6. The smallest absolute Gasteiger partial charge is 0.317 e. The van der Waals surface area contributed by atoms with E-state index in [4.69, 9.17) is 4.74 Å². The number of hydrogen-bond acceptors (Lipinski definition) is 3. The molecule has 0 radical (unpaired) electrons. The van der Waals surface area contributed by atoms with Crippen LogP contribution in [0.2, 0.25) is 0 Å². The van der Waals surface area contributed by atoms with Crippen LogP contribution in [-0.2, 0) is 4.74 Å². The number of rotatable bonds is 4. The van der Waals surface area contributed by atoms with Crippen molar-refractivity contribution in [3.8, 4) is 0 Å². The maximum Gasteiger partial charge on any atom is 0.317 e. The van der Waals surface area contributed by atoms with E-state index in [1.54, 1.807) is 0 Å². The summed E-state index contributed by atoms with van der Waals surface area (Å²) in [6.07, 6.45) is 10.8. The summed E-state index contributed by atoms with van der Waals surface area (Å²) in [5, 5.41) is 3.32. The van der Waals surface area contributed by atoms with E-state index in [1.165, 1.54) is 19.3 Å². The van der Waals surface area contributed by atoms with Gasteiger partial charge in [-0.05, 0) is 58.7 Å². The summed E-state index contributed by atoms with van der Waals surface area (Å²) >= 11 is 0. The summed E-state index contributed by atoms with van der Waals surface area (Å²) in [5.74, 6) is 0. The van der Waals surface area contributed by atoms with Crippen LogP contribution in [0.25, 0.3) is 0 Å². The van der Waals surface area contributed by atoms with Gasteiger partial charge >= 0.3 is 6.03 Å². The summed E-state index contributed by atoms with van der Waals surface area (Å²) in [6.45, 7) is 3.80. The highest BCUT2D eigenvalue weighted by Gasteiger charge is 2.31. The Hall–Kier alpha value is -0.810. The number of carbonyl (C=O) groups is 1. The van der Waals surface area contributed by atoms with Gasteiger partial charge in [-0.15, -0.1) is 0 Å². The monoisotopic (exact) mass is 323 g/mol. The molecule has 0 aromatic rings. The van der Waals surface area contributed by atoms with Crippen molar-refractivity contribution in [2.75, 3.05) is 33.3 Å². The number of hydrogen-bond donors (Lipinski definition) is 1. The number of nitrogens with one attached hydrogen (secondary N) is 1. The van der Waals surface area contributed by atoms with Crippen molar-refractivity contribution >= 4 is 6.03 Å². The van der Waals surface area contributed by atoms with Gasteiger partial charge in [0.05, 0.1) is 6.10 Å². The molecule has 1 aliphatic carbocycles. The lowest BCUT2D eigenvalue weighted by Gasteiger charge is -2.39. The Morgan fingerprint density at radius 3 is 2.48 bits per heavy atom. The number of urea groups is 1. The van der Waals surface area contributed by atoms with Gasteiger partial charge in [0.1, 0.15) is 0 Å². The quantitative estimate of drug-likeness (QED) is 0.865. The Bertz CT molecular complexity index is 370. The number of carbonyl (C=O) groups excluding carboxylic acids is 1. The first kappa shape index (κ1) is 17.0. The lowest BCUT2D eigenvalue weighted by Crippen LogP contribution is -2.54. The van der Waals surface area contributed by atoms with E-state index in [1.807, 2.05) is 0 Å². The molecule has 2 amide bonds. The maximum atomic E-state index is 12.9. The van der Waals surface area contributed by atoms with Crippen LogP contribution in [0.15, 0.2) is 0 Å². The number of amides is 2. The molecule has 5 heteroatoms. The van der Waals surface area contributed by atoms with Crippen LogP contribution >= 0.6 is 0 Å². The molecule has 0 bridgehead atoms. The summed E-state index contributed by atoms with van der Waals surface area (Å²) in [6, 6.07) is 0.912. The molecule has 23 heavy (non-hydrogen) atoms. The average Bonchev–Trinajstić information content (AvgIpc) is 3.08. The second kappa shape index (κ2) is 8.34. The molecule has 0 aromatic heterocycles. The molecule has 3 rings (SSSR count). The predicted octanol–water partition coefficient (Wildman–Crippen LogP) is 2.60. The minimum atomic E-state index is 0.155. The second-order valence-electron chi connectivity index (χ2n) is 7.61. The second-order valence-corrected chi connectivity index (χ2v) is 7.61. The molecule has 5 nitrogen and oxygen atoms in total. The summed E-state index contributed by atoms with van der Waals surface area (Å²) in [7, 11) is 2.17. The van der Waals surface area contributed by atoms with E-state index in [9.17, 15) is 4.79 Å². The summed E-state index contributed by atoms with van der Waals surface area (Å²) in [5.41, 5.74) is 0. The number of nitrogens with zero attached hydrogens (tertiary/aromatic N) is 2. The van der Waals surface area contributed by atoms with Crippen molar-refractivity contribution in [3.05, 3.63) is 0 Å². The Morgan fingerprint density at radius 2 is 1.83 bits per heavy atom. The predicted molar refractivity (Wildman–Crippen MR) is 91.6 cm³/mol. The van der Waals surface area contributed by atoms with Crippen LogP contribution in [0.1, 0.15) is 57.8 Å². The molecule has 0 aromatic carbocycles. The minimum Gasteiger partial charge on any atom is -0.376 e. The Kier molecular flexibility index (Phi) is 6.17. The molecule has 1 atom stereocenters. The Labute approximate surface area is 140 Å². The highest BCUT2D eigenvalue weighted by atomic mass is 16.5. The molecule has 3 aliphatic rings. The van der Waals surface area contributed by atoms with Gasteiger partial charge in [0, 0.05) is 25.2 Å². The molecule has 1 saturated carbocycles. The van der Waals surface area contributed by atoms with Gasteiger partial charge < -0.3 is 19.9 Å². The molecule has 132 valence electrons. The molecule has 3 fully saturated rings. The fourth-order valence-corrected chi connectivity index (χ4v) is 4.22. The average molecular weight is 323 g/mol. The van der Waals surface area contributed by atoms with E-state index in [-0.39, 0.29) is 12.1 Å². The molecule has 2 aliphatic heterocycles. The van der Waals surface area contributed by atoms with Crippen molar-refractivity contribution in [3.63, 3.8) is 0 Å². The van der Waals surface area contributed by atoms with Crippen molar-refractivity contribution in [1.82, 2.24) is 15.1 Å². The van der Waals surface area contributed by atoms with Crippen LogP contribution in [0.5, 0.6) is 0 Å². The molecular formula is C18H33N3O2. The number of ether oxygens (including phenoxy) is 1. The molecule has 1 unspecified atom stereocenters. The van der Waals surface area contributed by atoms with Gasteiger partial charge in [-0.1, -0.05) is 19.3 Å². The van der Waals surface area contributed by atoms with Gasteiger partial charge in [-0.25, -0.2) is 4.79 Å². The lowest BCUT2D eigenvalue weighted by molar-refractivity contribution is 0.0558. The topological polar surface area (TPSA) is 44.8 Å². The number of piperidine rings is 1. The SMILES string of the molecule is CN1CCC(N(CC2CCCO2)C(=O)NC2CCCCC2)CC1. The molecule has 2 saturated heterocycles. The van der Waals surface area contributed by atoms with E-state index >= 15 is 0 Å². The van der Waals surface area contributed by atoms with Gasteiger partial charge in [0.15, 0.2) is 0 Å². The molecule has 0 spiro atoms. The van der Waals surface area contributed by atoms with Gasteiger partial charge in [-0.2, -0.15) is 0 Å². The first-order chi connectivity index (χ1) is 11.2. The lowest BCUT2D eigenvalue weighted by atomic mass is 9.95. The molecular weight excluding hydrogens is 290 g/mol. The van der Waals surface area contributed by atoms with Gasteiger partial charge in [-0.3, -0.25) is 0 Å². The first-order valence-corrected chi connectivity index (χ1v) is 9.59. The van der Waals surface area contributed by atoms with Crippen LogP contribution < -0.4 is 5.32 Å². The van der Waals surface area contributed by atoms with Crippen molar-refractivity contribution in [2.45, 2.75) is 76.0 Å². The van der Waals surface area contributed by atoms with Crippen molar-refractivity contribution in [1.29, 1.82) is 0 Å². The largest absolute Gasteiger partial charge is 0.376 e.